The molecule has 0 aliphatic rings. The van der Waals surface area contributed by atoms with Crippen LogP contribution in [0.4, 0.5) is 5.69 Å². The highest BCUT2D eigenvalue weighted by molar-refractivity contribution is 5.81. The van der Waals surface area contributed by atoms with Crippen LogP contribution in [0.25, 0.3) is 10.9 Å². The SMILES string of the molecule is COc1ccc(OC(=O)CCCn2cnc3cc(OC)c(OC)cc3c2=O)c([N+](=O)[O-])c1. The van der Waals surface area contributed by atoms with Crippen LogP contribution in [0.3, 0.4) is 0 Å². The molecular weight excluding hydrogens is 422 g/mol. The van der Waals surface area contributed by atoms with Crippen LogP contribution in [0.1, 0.15) is 12.8 Å². The van der Waals surface area contributed by atoms with Gasteiger partial charge < -0.3 is 18.9 Å². The second-order valence-electron chi connectivity index (χ2n) is 6.64. The normalized spacial score (nSPS) is 10.6. The maximum Gasteiger partial charge on any atom is 0.315 e. The minimum atomic E-state index is -0.661. The standard InChI is InChI=1S/C21H21N3O8/c1-29-13-6-7-17(16(9-13)24(27)28)32-20(25)5-4-8-23-12-22-15-11-19(31-3)18(30-2)10-14(15)21(23)26/h6-7,9-12H,4-5,8H2,1-3H3. The first-order valence-corrected chi connectivity index (χ1v) is 9.52. The number of aryl methyl sites for hydroxylation is 1. The molecule has 0 atom stereocenters. The molecule has 1 aromatic heterocycles. The van der Waals surface area contributed by atoms with Crippen molar-refractivity contribution >= 4 is 22.6 Å². The molecule has 0 N–H and O–H groups in total. The molecule has 168 valence electrons. The zero-order valence-electron chi connectivity index (χ0n) is 17.7. The van der Waals surface area contributed by atoms with Gasteiger partial charge in [-0.2, -0.15) is 0 Å². The second kappa shape index (κ2) is 9.77. The lowest BCUT2D eigenvalue weighted by Crippen LogP contribution is -2.21. The van der Waals surface area contributed by atoms with Gasteiger partial charge in [0.2, 0.25) is 5.75 Å². The van der Waals surface area contributed by atoms with Crippen molar-refractivity contribution in [2.75, 3.05) is 21.3 Å². The molecule has 0 radical (unpaired) electrons. The van der Waals surface area contributed by atoms with E-state index >= 15 is 0 Å². The number of nitro groups is 1. The number of benzene rings is 2. The van der Waals surface area contributed by atoms with Crippen molar-refractivity contribution in [3.05, 3.63) is 57.1 Å². The number of nitrogens with zero attached hydrogens (tertiary/aromatic N) is 3. The lowest BCUT2D eigenvalue weighted by Gasteiger charge is -2.10. The first-order valence-electron chi connectivity index (χ1n) is 9.52. The van der Waals surface area contributed by atoms with Crippen molar-refractivity contribution in [2.45, 2.75) is 19.4 Å². The van der Waals surface area contributed by atoms with Crippen LogP contribution < -0.4 is 24.5 Å². The molecule has 3 rings (SSSR count). The monoisotopic (exact) mass is 443 g/mol. The first kappa shape index (κ1) is 22.5. The van der Waals surface area contributed by atoms with Gasteiger partial charge in [0.25, 0.3) is 5.56 Å². The van der Waals surface area contributed by atoms with Crippen molar-refractivity contribution in [2.24, 2.45) is 0 Å². The van der Waals surface area contributed by atoms with Crippen molar-refractivity contribution in [3.8, 4) is 23.0 Å². The van der Waals surface area contributed by atoms with E-state index in [-0.39, 0.29) is 42.1 Å². The van der Waals surface area contributed by atoms with Crippen LogP contribution in [0, 0.1) is 10.1 Å². The van der Waals surface area contributed by atoms with Gasteiger partial charge in [-0.25, -0.2) is 4.98 Å². The number of hydrogen-bond acceptors (Lipinski definition) is 9. The molecule has 0 saturated carbocycles. The number of fused-ring (bicyclic) bond motifs is 1. The molecule has 0 unspecified atom stereocenters. The third-order valence-electron chi connectivity index (χ3n) is 4.70. The number of esters is 1. The highest BCUT2D eigenvalue weighted by Gasteiger charge is 2.19. The number of nitro benzene ring substituents is 1. The van der Waals surface area contributed by atoms with E-state index in [1.807, 2.05) is 0 Å². The number of ether oxygens (including phenoxy) is 4. The number of carbonyl (C=O) groups is 1. The third kappa shape index (κ3) is 4.77. The summed E-state index contributed by atoms with van der Waals surface area (Å²) in [6.45, 7) is 0.204. The summed E-state index contributed by atoms with van der Waals surface area (Å²) in [5.41, 5.74) is -0.220. The van der Waals surface area contributed by atoms with E-state index < -0.39 is 10.9 Å². The molecule has 2 aromatic carbocycles. The lowest BCUT2D eigenvalue weighted by atomic mass is 10.2. The molecule has 32 heavy (non-hydrogen) atoms. The Morgan fingerprint density at radius 2 is 1.78 bits per heavy atom. The Balaban J connectivity index is 1.69. The van der Waals surface area contributed by atoms with Gasteiger partial charge in [-0.05, 0) is 24.6 Å². The number of aromatic nitrogens is 2. The summed E-state index contributed by atoms with van der Waals surface area (Å²) in [7, 11) is 4.34. The maximum absolute atomic E-state index is 12.8. The molecule has 0 saturated heterocycles. The van der Waals surface area contributed by atoms with E-state index in [0.29, 0.717) is 22.4 Å². The molecule has 1 heterocycles. The molecule has 11 nitrogen and oxygen atoms in total. The average molecular weight is 443 g/mol. The number of rotatable bonds is 9. The second-order valence-corrected chi connectivity index (χ2v) is 6.64. The van der Waals surface area contributed by atoms with Crippen molar-refractivity contribution in [1.29, 1.82) is 0 Å². The first-order chi connectivity index (χ1) is 15.4. The zero-order chi connectivity index (χ0) is 23.3. The fourth-order valence-electron chi connectivity index (χ4n) is 3.07. The fraction of sp³-hybridized carbons (Fsp3) is 0.286. The van der Waals surface area contributed by atoms with Crippen LogP contribution in [0.15, 0.2) is 41.5 Å². The average Bonchev–Trinajstić information content (AvgIpc) is 2.79. The largest absolute Gasteiger partial charge is 0.496 e. The van der Waals surface area contributed by atoms with Crippen LogP contribution in [0.2, 0.25) is 0 Å². The summed E-state index contributed by atoms with van der Waals surface area (Å²) in [4.78, 5) is 39.7. The number of methoxy groups -OCH3 is 3. The summed E-state index contributed by atoms with van der Waals surface area (Å²) >= 11 is 0. The van der Waals surface area contributed by atoms with E-state index in [2.05, 4.69) is 4.98 Å². The van der Waals surface area contributed by atoms with Crippen LogP contribution in [-0.2, 0) is 11.3 Å². The van der Waals surface area contributed by atoms with Crippen LogP contribution in [0.5, 0.6) is 23.0 Å². The molecule has 3 aromatic rings. The topological polar surface area (TPSA) is 132 Å². The smallest absolute Gasteiger partial charge is 0.315 e. The van der Waals surface area contributed by atoms with E-state index in [1.54, 1.807) is 12.1 Å². The van der Waals surface area contributed by atoms with E-state index in [1.165, 1.54) is 50.4 Å². The van der Waals surface area contributed by atoms with Crippen molar-refractivity contribution < 1.29 is 28.7 Å². The van der Waals surface area contributed by atoms with Gasteiger partial charge in [0, 0.05) is 19.0 Å². The third-order valence-corrected chi connectivity index (χ3v) is 4.70. The van der Waals surface area contributed by atoms with Gasteiger partial charge in [-0.1, -0.05) is 0 Å². The van der Waals surface area contributed by atoms with E-state index in [9.17, 15) is 19.7 Å². The van der Waals surface area contributed by atoms with Crippen LogP contribution in [-0.4, -0.2) is 41.8 Å². The summed E-state index contributed by atoms with van der Waals surface area (Å²) in [6.07, 6.45) is 1.60. The molecule has 0 fully saturated rings. The highest BCUT2D eigenvalue weighted by Crippen LogP contribution is 2.31. The van der Waals surface area contributed by atoms with Gasteiger partial charge in [0.05, 0.1) is 49.5 Å². The maximum atomic E-state index is 12.8. The Morgan fingerprint density at radius 1 is 1.06 bits per heavy atom. The Kier molecular flexibility index (Phi) is 6.88. The minimum absolute atomic E-state index is 0.0560. The molecule has 0 bridgehead atoms. The Morgan fingerprint density at radius 3 is 2.44 bits per heavy atom. The van der Waals surface area contributed by atoms with Gasteiger partial charge in [0.1, 0.15) is 5.75 Å². The Labute approximate surface area is 182 Å². The van der Waals surface area contributed by atoms with E-state index in [4.69, 9.17) is 18.9 Å². The minimum Gasteiger partial charge on any atom is -0.496 e. The highest BCUT2D eigenvalue weighted by atomic mass is 16.6. The molecule has 0 amide bonds. The summed E-state index contributed by atoms with van der Waals surface area (Å²) in [5, 5.41) is 11.5. The summed E-state index contributed by atoms with van der Waals surface area (Å²) in [5.74, 6) is 0.299. The molecule has 0 aliphatic heterocycles. The number of hydrogen-bond donors (Lipinski definition) is 0. The fourth-order valence-corrected chi connectivity index (χ4v) is 3.07. The van der Waals surface area contributed by atoms with Gasteiger partial charge >= 0.3 is 11.7 Å². The lowest BCUT2D eigenvalue weighted by molar-refractivity contribution is -0.385. The van der Waals surface area contributed by atoms with E-state index in [0.717, 1.165) is 0 Å². The quantitative estimate of drug-likeness (QED) is 0.212. The summed E-state index contributed by atoms with van der Waals surface area (Å²) < 4.78 is 21.9. The Bertz CT molecular complexity index is 1220. The van der Waals surface area contributed by atoms with Crippen molar-refractivity contribution in [3.63, 3.8) is 0 Å². The summed E-state index contributed by atoms with van der Waals surface area (Å²) in [6, 6.07) is 7.09. The van der Waals surface area contributed by atoms with Gasteiger partial charge in [-0.15, -0.1) is 0 Å². The predicted molar refractivity (Wildman–Crippen MR) is 114 cm³/mol. The molecule has 11 heteroatoms. The van der Waals surface area contributed by atoms with Crippen LogP contribution >= 0.6 is 0 Å². The van der Waals surface area contributed by atoms with Crippen molar-refractivity contribution in [1.82, 2.24) is 9.55 Å². The molecule has 0 spiro atoms. The predicted octanol–water partition coefficient (Wildman–Crippen LogP) is 2.72. The van der Waals surface area contributed by atoms with Gasteiger partial charge in [0.15, 0.2) is 11.5 Å². The zero-order valence-corrected chi connectivity index (χ0v) is 17.7. The molecule has 0 aliphatic carbocycles. The Hall–Kier alpha value is -4.15. The molecular formula is C21H21N3O8. The van der Waals surface area contributed by atoms with Gasteiger partial charge in [-0.3, -0.25) is 24.3 Å². The number of carbonyl (C=O) groups excluding carboxylic acids is 1.